The van der Waals surface area contributed by atoms with Gasteiger partial charge in [-0.05, 0) is 19.1 Å². The molecule has 0 saturated carbocycles. The largest absolute Gasteiger partial charge is 0.382 e. The van der Waals surface area contributed by atoms with Crippen molar-refractivity contribution in [3.05, 3.63) is 57.2 Å². The third kappa shape index (κ3) is 3.15. The zero-order chi connectivity index (χ0) is 21.4. The van der Waals surface area contributed by atoms with Crippen molar-refractivity contribution in [2.75, 3.05) is 16.8 Å². The van der Waals surface area contributed by atoms with Gasteiger partial charge in [-0.3, -0.25) is 9.89 Å². The molecule has 0 saturated heterocycles. The van der Waals surface area contributed by atoms with E-state index in [2.05, 4.69) is 30.5 Å². The number of hydrogen-bond donors (Lipinski definition) is 4. The Morgan fingerprint density at radius 3 is 2.77 bits per heavy atom. The molecule has 0 aliphatic carbocycles. The maximum atomic E-state index is 13.3. The number of anilines is 3. The van der Waals surface area contributed by atoms with Crippen LogP contribution in [0.1, 0.15) is 24.4 Å². The van der Waals surface area contributed by atoms with Crippen LogP contribution in [-0.4, -0.2) is 29.7 Å². The van der Waals surface area contributed by atoms with E-state index < -0.39 is 6.04 Å². The topological polar surface area (TPSA) is 177 Å². The van der Waals surface area contributed by atoms with Crippen molar-refractivity contribution in [2.45, 2.75) is 13.0 Å². The van der Waals surface area contributed by atoms with E-state index in [0.29, 0.717) is 17.2 Å². The number of nitrogens with two attached hydrogens (primary N) is 2. The molecule has 4 rings (SSSR count). The molecule has 30 heavy (non-hydrogen) atoms. The van der Waals surface area contributed by atoms with Gasteiger partial charge < -0.3 is 16.8 Å². The summed E-state index contributed by atoms with van der Waals surface area (Å²) in [5, 5.41) is 19.7. The molecule has 3 heterocycles. The minimum absolute atomic E-state index is 0.0373. The van der Waals surface area contributed by atoms with E-state index in [-0.39, 0.29) is 39.1 Å². The Morgan fingerprint density at radius 1 is 1.27 bits per heavy atom. The lowest BCUT2D eigenvalue weighted by molar-refractivity contribution is 0.719. The fourth-order valence-electron chi connectivity index (χ4n) is 3.08. The number of rotatable bonds is 4. The van der Waals surface area contributed by atoms with E-state index in [1.807, 2.05) is 6.07 Å². The number of nitrogens with one attached hydrogen (secondary N) is 2. The molecule has 1 atom stereocenters. The first-order valence-electron chi connectivity index (χ1n) is 8.71. The number of halogens is 1. The van der Waals surface area contributed by atoms with E-state index >= 15 is 0 Å². The molecule has 0 aliphatic heterocycles. The van der Waals surface area contributed by atoms with Crippen LogP contribution in [0, 0.1) is 11.3 Å². The Bertz CT molecular complexity index is 1360. The van der Waals surface area contributed by atoms with Crippen LogP contribution in [-0.2, 0) is 0 Å². The highest BCUT2D eigenvalue weighted by molar-refractivity contribution is 6.35. The summed E-state index contributed by atoms with van der Waals surface area (Å²) in [5.74, 6) is 0.722. The van der Waals surface area contributed by atoms with Crippen LogP contribution in [0.25, 0.3) is 16.7 Å². The van der Waals surface area contributed by atoms with Gasteiger partial charge in [0.25, 0.3) is 5.56 Å². The van der Waals surface area contributed by atoms with Crippen LogP contribution in [0.2, 0.25) is 5.02 Å². The van der Waals surface area contributed by atoms with E-state index in [1.54, 1.807) is 31.2 Å². The van der Waals surface area contributed by atoms with Gasteiger partial charge in [0, 0.05) is 6.07 Å². The smallest absolute Gasteiger partial charge is 0.268 e. The zero-order valence-corrected chi connectivity index (χ0v) is 16.3. The second-order valence-electron chi connectivity index (χ2n) is 6.35. The van der Waals surface area contributed by atoms with Gasteiger partial charge in [-0.2, -0.15) is 20.3 Å². The van der Waals surface area contributed by atoms with Gasteiger partial charge >= 0.3 is 0 Å². The van der Waals surface area contributed by atoms with Crippen LogP contribution in [0.4, 0.5) is 17.6 Å². The Balaban J connectivity index is 1.92. The van der Waals surface area contributed by atoms with Crippen LogP contribution in [0.15, 0.2) is 35.3 Å². The molecule has 4 aromatic rings. The standard InChI is InChI=1S/C18H15ClN10O/c1-8(24-15-9(7-20)14(21)26-18(22)27-15)16-25-11-4-2-3-10(19)13(11)17(30)29(16)12-5-6-23-28-12/h2-6,8H,1H3,(H,23,28)(H5,21,22,24,26,27). The Morgan fingerprint density at radius 2 is 2.07 bits per heavy atom. The van der Waals surface area contributed by atoms with Gasteiger partial charge in [0.2, 0.25) is 5.95 Å². The fraction of sp³-hybridized carbons (Fsp3) is 0.111. The first-order chi connectivity index (χ1) is 14.4. The number of benzene rings is 1. The number of hydrogen-bond acceptors (Lipinski definition) is 9. The number of nitrogen functional groups attached to an aromatic ring is 2. The maximum Gasteiger partial charge on any atom is 0.268 e. The lowest BCUT2D eigenvalue weighted by atomic mass is 10.2. The average Bonchev–Trinajstić information content (AvgIpc) is 3.21. The summed E-state index contributed by atoms with van der Waals surface area (Å²) in [4.78, 5) is 25.8. The van der Waals surface area contributed by atoms with Gasteiger partial charge in [-0.25, -0.2) is 9.55 Å². The third-order valence-electron chi connectivity index (χ3n) is 4.41. The predicted molar refractivity (Wildman–Crippen MR) is 112 cm³/mol. The molecule has 0 amide bonds. The summed E-state index contributed by atoms with van der Waals surface area (Å²) in [7, 11) is 0. The third-order valence-corrected chi connectivity index (χ3v) is 4.72. The molecule has 0 bridgehead atoms. The fourth-order valence-corrected chi connectivity index (χ4v) is 3.33. The van der Waals surface area contributed by atoms with Crippen molar-refractivity contribution in [3.63, 3.8) is 0 Å². The monoisotopic (exact) mass is 422 g/mol. The van der Waals surface area contributed by atoms with Crippen molar-refractivity contribution < 1.29 is 0 Å². The summed E-state index contributed by atoms with van der Waals surface area (Å²) in [6, 6.07) is 8.01. The Hall–Kier alpha value is -4.17. The Kier molecular flexibility index (Phi) is 4.69. The van der Waals surface area contributed by atoms with Crippen LogP contribution in [0.5, 0.6) is 0 Å². The van der Waals surface area contributed by atoms with E-state index in [9.17, 15) is 10.1 Å². The highest BCUT2D eigenvalue weighted by atomic mass is 35.5. The highest BCUT2D eigenvalue weighted by Gasteiger charge is 2.22. The second-order valence-corrected chi connectivity index (χ2v) is 6.76. The molecule has 150 valence electrons. The van der Waals surface area contributed by atoms with Crippen molar-refractivity contribution in [2.24, 2.45) is 0 Å². The number of fused-ring (bicyclic) bond motifs is 1. The summed E-state index contributed by atoms with van der Waals surface area (Å²) < 4.78 is 1.36. The second kappa shape index (κ2) is 7.34. The maximum absolute atomic E-state index is 13.3. The van der Waals surface area contributed by atoms with E-state index in [0.717, 1.165) is 0 Å². The SMILES string of the molecule is CC(Nc1nc(N)nc(N)c1C#N)c1nc2cccc(Cl)c2c(=O)n1-c1ccn[nH]1. The highest BCUT2D eigenvalue weighted by Crippen LogP contribution is 2.26. The van der Waals surface area contributed by atoms with Gasteiger partial charge in [-0.15, -0.1) is 0 Å². The minimum Gasteiger partial charge on any atom is -0.382 e. The number of aromatic nitrogens is 6. The molecule has 1 unspecified atom stereocenters. The average molecular weight is 423 g/mol. The molecule has 0 spiro atoms. The molecule has 1 aromatic carbocycles. The number of nitrogens with zero attached hydrogens (tertiary/aromatic N) is 6. The zero-order valence-electron chi connectivity index (χ0n) is 15.6. The van der Waals surface area contributed by atoms with Crippen molar-refractivity contribution >= 4 is 40.1 Å². The van der Waals surface area contributed by atoms with E-state index in [4.69, 9.17) is 23.1 Å². The lowest BCUT2D eigenvalue weighted by Crippen LogP contribution is -2.28. The summed E-state index contributed by atoms with van der Waals surface area (Å²) in [5.41, 5.74) is 11.5. The van der Waals surface area contributed by atoms with Crippen LogP contribution < -0.4 is 22.3 Å². The summed E-state index contributed by atoms with van der Waals surface area (Å²) in [6.45, 7) is 1.75. The quantitative estimate of drug-likeness (QED) is 0.381. The van der Waals surface area contributed by atoms with Gasteiger partial charge in [-0.1, -0.05) is 17.7 Å². The summed E-state index contributed by atoms with van der Waals surface area (Å²) in [6.07, 6.45) is 1.51. The molecule has 0 radical (unpaired) electrons. The number of nitriles is 1. The molecule has 11 nitrogen and oxygen atoms in total. The molecule has 3 aromatic heterocycles. The lowest BCUT2D eigenvalue weighted by Gasteiger charge is -2.20. The molecule has 0 fully saturated rings. The van der Waals surface area contributed by atoms with Gasteiger partial charge in [0.15, 0.2) is 5.82 Å². The van der Waals surface area contributed by atoms with Crippen LogP contribution in [0.3, 0.4) is 0 Å². The van der Waals surface area contributed by atoms with Crippen molar-refractivity contribution in [3.8, 4) is 11.9 Å². The minimum atomic E-state index is -0.592. The van der Waals surface area contributed by atoms with E-state index in [1.165, 1.54) is 10.8 Å². The number of aromatic amines is 1. The number of H-pyrrole nitrogens is 1. The van der Waals surface area contributed by atoms with Crippen LogP contribution >= 0.6 is 11.6 Å². The normalized spacial score (nSPS) is 11.9. The molecule has 12 heteroatoms. The Labute approximate surface area is 174 Å². The molecule has 0 aliphatic rings. The molecular weight excluding hydrogens is 408 g/mol. The van der Waals surface area contributed by atoms with Gasteiger partial charge in [0.05, 0.1) is 28.2 Å². The molecule has 6 N–H and O–H groups in total. The molecular formula is C18H15ClN10O. The first kappa shape index (κ1) is 19.2. The van der Waals surface area contributed by atoms with Crippen molar-refractivity contribution in [1.82, 2.24) is 29.7 Å². The summed E-state index contributed by atoms with van der Waals surface area (Å²) >= 11 is 6.26. The predicted octanol–water partition coefficient (Wildman–Crippen LogP) is 1.76. The first-order valence-corrected chi connectivity index (χ1v) is 9.09. The van der Waals surface area contributed by atoms with Crippen molar-refractivity contribution in [1.29, 1.82) is 5.26 Å². The van der Waals surface area contributed by atoms with Gasteiger partial charge in [0.1, 0.15) is 29.1 Å².